The minimum atomic E-state index is -0.482. The number of hydrogen-bond acceptors (Lipinski definition) is 4. The lowest BCUT2D eigenvalue weighted by Crippen LogP contribution is -2.43. The SMILES string of the molecule is Cc1cn(C2CCCN(C(=O)OC(C)(C)C)C2)c2nc[nH]c3ncc1c32. The predicted octanol–water partition coefficient (Wildman–Crippen LogP) is 3.79. The van der Waals surface area contributed by atoms with Gasteiger partial charge in [0.25, 0.3) is 0 Å². The molecule has 1 saturated heterocycles. The van der Waals surface area contributed by atoms with Gasteiger partial charge >= 0.3 is 6.09 Å². The lowest BCUT2D eigenvalue weighted by Gasteiger charge is -2.35. The molecule has 3 aromatic heterocycles. The molecule has 1 aliphatic rings. The van der Waals surface area contributed by atoms with E-state index < -0.39 is 5.60 Å². The van der Waals surface area contributed by atoms with Crippen molar-refractivity contribution in [3.63, 3.8) is 0 Å². The summed E-state index contributed by atoms with van der Waals surface area (Å²) in [5, 5.41) is 2.18. The quantitative estimate of drug-likeness (QED) is 0.720. The molecule has 1 aliphatic heterocycles. The molecule has 0 spiro atoms. The Bertz CT molecular complexity index is 966. The van der Waals surface area contributed by atoms with E-state index in [-0.39, 0.29) is 12.1 Å². The smallest absolute Gasteiger partial charge is 0.410 e. The fourth-order valence-electron chi connectivity index (χ4n) is 3.73. The van der Waals surface area contributed by atoms with Gasteiger partial charge in [-0.15, -0.1) is 0 Å². The summed E-state index contributed by atoms with van der Waals surface area (Å²) in [6.07, 6.45) is 7.42. The maximum Gasteiger partial charge on any atom is 0.410 e. The Morgan fingerprint density at radius 2 is 2.15 bits per heavy atom. The highest BCUT2D eigenvalue weighted by atomic mass is 16.6. The van der Waals surface area contributed by atoms with Crippen molar-refractivity contribution in [3.8, 4) is 0 Å². The Labute approximate surface area is 152 Å². The Morgan fingerprint density at radius 1 is 1.35 bits per heavy atom. The second-order valence-electron chi connectivity index (χ2n) is 8.06. The van der Waals surface area contributed by atoms with Crippen LogP contribution in [-0.2, 0) is 4.74 Å². The van der Waals surface area contributed by atoms with Gasteiger partial charge in [0.2, 0.25) is 0 Å². The zero-order chi connectivity index (χ0) is 18.5. The van der Waals surface area contributed by atoms with Crippen LogP contribution in [0.3, 0.4) is 0 Å². The van der Waals surface area contributed by atoms with Crippen LogP contribution in [0.1, 0.15) is 45.2 Å². The van der Waals surface area contributed by atoms with E-state index in [4.69, 9.17) is 4.74 Å². The minimum absolute atomic E-state index is 0.173. The van der Waals surface area contributed by atoms with Crippen molar-refractivity contribution in [3.05, 3.63) is 24.3 Å². The molecule has 1 amide bonds. The fraction of sp³-hybridized carbons (Fsp3) is 0.526. The second kappa shape index (κ2) is 6.00. The average Bonchev–Trinajstić information content (AvgIpc) is 3.02. The molecule has 7 heteroatoms. The van der Waals surface area contributed by atoms with E-state index in [2.05, 4.69) is 32.6 Å². The molecule has 138 valence electrons. The first-order valence-electron chi connectivity index (χ1n) is 9.10. The van der Waals surface area contributed by atoms with Gasteiger partial charge in [-0.1, -0.05) is 0 Å². The third-order valence-corrected chi connectivity index (χ3v) is 4.88. The molecule has 0 aromatic carbocycles. The second-order valence-corrected chi connectivity index (χ2v) is 8.06. The Balaban J connectivity index is 1.69. The molecule has 3 aromatic rings. The summed E-state index contributed by atoms with van der Waals surface area (Å²) in [4.78, 5) is 26.5. The predicted molar refractivity (Wildman–Crippen MR) is 100 cm³/mol. The number of H-pyrrole nitrogens is 1. The molecular formula is C19H25N5O2. The number of likely N-dealkylation sites (tertiary alicyclic amines) is 1. The first kappa shape index (κ1) is 16.9. The van der Waals surface area contributed by atoms with E-state index in [0.29, 0.717) is 6.54 Å². The standard InChI is InChI=1S/C19H25N5O2/c1-12-9-24(17-15-14(12)8-20-16(15)21-11-22-17)13-6-5-7-23(10-13)18(25)26-19(2,3)4/h8-9,11,13H,5-7,10H2,1-4H3,(H,20,21,22). The molecule has 1 fully saturated rings. The number of rotatable bonds is 1. The Kier molecular flexibility index (Phi) is 3.89. The van der Waals surface area contributed by atoms with Crippen LogP contribution < -0.4 is 0 Å². The molecule has 1 N–H and O–H groups in total. The van der Waals surface area contributed by atoms with Gasteiger partial charge in [-0.05, 0) is 46.1 Å². The molecule has 1 unspecified atom stereocenters. The van der Waals surface area contributed by atoms with Gasteiger partial charge in [-0.25, -0.2) is 14.8 Å². The van der Waals surface area contributed by atoms with Crippen LogP contribution in [0.2, 0.25) is 0 Å². The monoisotopic (exact) mass is 355 g/mol. The lowest BCUT2D eigenvalue weighted by atomic mass is 10.0. The zero-order valence-electron chi connectivity index (χ0n) is 15.7. The van der Waals surface area contributed by atoms with Gasteiger partial charge in [0.15, 0.2) is 0 Å². The van der Waals surface area contributed by atoms with Gasteiger partial charge in [0.05, 0.1) is 17.8 Å². The van der Waals surface area contributed by atoms with Gasteiger partial charge in [-0.3, -0.25) is 0 Å². The topological polar surface area (TPSA) is 76.0 Å². The summed E-state index contributed by atoms with van der Waals surface area (Å²) < 4.78 is 7.76. The normalized spacial score (nSPS) is 18.6. The molecule has 4 rings (SSSR count). The van der Waals surface area contributed by atoms with E-state index in [0.717, 1.165) is 47.0 Å². The van der Waals surface area contributed by atoms with Crippen molar-refractivity contribution in [2.45, 2.75) is 52.2 Å². The fourth-order valence-corrected chi connectivity index (χ4v) is 3.73. The van der Waals surface area contributed by atoms with Crippen LogP contribution in [0, 0.1) is 6.92 Å². The highest BCUT2D eigenvalue weighted by Crippen LogP contribution is 2.31. The van der Waals surface area contributed by atoms with Gasteiger partial charge < -0.3 is 19.2 Å². The van der Waals surface area contributed by atoms with E-state index in [9.17, 15) is 4.79 Å². The Hall–Kier alpha value is -2.57. The summed E-state index contributed by atoms with van der Waals surface area (Å²) in [7, 11) is 0. The number of nitrogens with one attached hydrogen (secondary N) is 1. The molecule has 0 aliphatic carbocycles. The Morgan fingerprint density at radius 3 is 2.92 bits per heavy atom. The molecular weight excluding hydrogens is 330 g/mol. The van der Waals surface area contributed by atoms with Crippen molar-refractivity contribution in [1.29, 1.82) is 0 Å². The molecule has 0 saturated carbocycles. The summed E-state index contributed by atoms with van der Waals surface area (Å²) in [6.45, 7) is 9.14. The van der Waals surface area contributed by atoms with E-state index in [1.807, 2.05) is 31.9 Å². The number of ether oxygens (including phenoxy) is 1. The molecule has 1 atom stereocenters. The molecule has 0 bridgehead atoms. The van der Waals surface area contributed by atoms with Crippen LogP contribution in [0.25, 0.3) is 22.1 Å². The van der Waals surface area contributed by atoms with Crippen LogP contribution in [0.15, 0.2) is 18.7 Å². The van der Waals surface area contributed by atoms with Crippen LogP contribution in [-0.4, -0.2) is 49.2 Å². The number of aryl methyl sites for hydroxylation is 1. The molecule has 7 nitrogen and oxygen atoms in total. The number of carbonyl (C=O) groups excluding carboxylic acids is 1. The third kappa shape index (κ3) is 2.91. The first-order valence-corrected chi connectivity index (χ1v) is 9.10. The lowest BCUT2D eigenvalue weighted by molar-refractivity contribution is 0.0174. The maximum atomic E-state index is 12.5. The first-order chi connectivity index (χ1) is 12.3. The number of piperidine rings is 1. The van der Waals surface area contributed by atoms with Gasteiger partial charge in [0.1, 0.15) is 16.9 Å². The zero-order valence-corrected chi connectivity index (χ0v) is 15.7. The molecule has 26 heavy (non-hydrogen) atoms. The molecule has 0 radical (unpaired) electrons. The average molecular weight is 355 g/mol. The number of aromatic amines is 1. The minimum Gasteiger partial charge on any atom is -0.444 e. The van der Waals surface area contributed by atoms with Crippen LogP contribution in [0.4, 0.5) is 4.79 Å². The summed E-state index contributed by atoms with van der Waals surface area (Å²) in [6, 6.07) is 0.173. The summed E-state index contributed by atoms with van der Waals surface area (Å²) in [5.74, 6) is 0. The van der Waals surface area contributed by atoms with E-state index in [1.165, 1.54) is 0 Å². The van der Waals surface area contributed by atoms with E-state index in [1.54, 1.807) is 6.33 Å². The summed E-state index contributed by atoms with van der Waals surface area (Å²) in [5.41, 5.74) is 2.44. The third-order valence-electron chi connectivity index (χ3n) is 4.88. The van der Waals surface area contributed by atoms with Gasteiger partial charge in [0, 0.05) is 30.9 Å². The van der Waals surface area contributed by atoms with Crippen molar-refractivity contribution in [1.82, 2.24) is 24.4 Å². The van der Waals surface area contributed by atoms with E-state index >= 15 is 0 Å². The highest BCUT2D eigenvalue weighted by Gasteiger charge is 2.29. The van der Waals surface area contributed by atoms with Crippen molar-refractivity contribution >= 4 is 28.2 Å². The molecule has 4 heterocycles. The van der Waals surface area contributed by atoms with Crippen LogP contribution >= 0.6 is 0 Å². The number of hydrogen-bond donors (Lipinski definition) is 1. The summed E-state index contributed by atoms with van der Waals surface area (Å²) >= 11 is 0. The number of aromatic nitrogens is 4. The van der Waals surface area contributed by atoms with Crippen molar-refractivity contribution in [2.24, 2.45) is 0 Å². The highest BCUT2D eigenvalue weighted by molar-refractivity contribution is 6.05. The van der Waals surface area contributed by atoms with Crippen LogP contribution in [0.5, 0.6) is 0 Å². The number of pyridine rings is 1. The number of amides is 1. The van der Waals surface area contributed by atoms with Gasteiger partial charge in [-0.2, -0.15) is 0 Å². The maximum absolute atomic E-state index is 12.5. The number of nitrogens with zero attached hydrogens (tertiary/aromatic N) is 4. The van der Waals surface area contributed by atoms with Crippen molar-refractivity contribution < 1.29 is 9.53 Å². The number of carbonyl (C=O) groups is 1. The van der Waals surface area contributed by atoms with Crippen molar-refractivity contribution in [2.75, 3.05) is 13.1 Å². The largest absolute Gasteiger partial charge is 0.444 e.